The Kier molecular flexibility index (Phi) is 4.11. The summed E-state index contributed by atoms with van der Waals surface area (Å²) in [5.74, 6) is 0. The summed E-state index contributed by atoms with van der Waals surface area (Å²) in [7, 11) is 4.26. The molecule has 0 radical (unpaired) electrons. The van der Waals surface area contributed by atoms with Crippen molar-refractivity contribution in [2.75, 3.05) is 37.4 Å². The predicted molar refractivity (Wildman–Crippen MR) is 90.4 cm³/mol. The molecule has 21 heavy (non-hydrogen) atoms. The lowest BCUT2D eigenvalue weighted by atomic mass is 10.1. The molecule has 0 saturated heterocycles. The van der Waals surface area contributed by atoms with Crippen LogP contribution in [-0.2, 0) is 6.54 Å². The molecule has 1 aliphatic rings. The normalized spacial score (nSPS) is 13.4. The summed E-state index contributed by atoms with van der Waals surface area (Å²) in [5.41, 5.74) is 5.08. The van der Waals surface area contributed by atoms with E-state index in [4.69, 9.17) is 0 Å². The number of rotatable bonds is 4. The molecule has 0 saturated carbocycles. The summed E-state index contributed by atoms with van der Waals surface area (Å²) >= 11 is 0. The van der Waals surface area contributed by atoms with Crippen molar-refractivity contribution in [3.05, 3.63) is 54.1 Å². The van der Waals surface area contributed by atoms with E-state index in [2.05, 4.69) is 77.7 Å². The molecular formula is C18H23N3. The number of nitrogens with one attached hydrogen (secondary N) is 1. The summed E-state index contributed by atoms with van der Waals surface area (Å²) in [6.07, 6.45) is 1.17. The second kappa shape index (κ2) is 6.19. The Labute approximate surface area is 127 Å². The number of hydrogen-bond donors (Lipinski definition) is 1. The third-order valence-electron chi connectivity index (χ3n) is 3.93. The van der Waals surface area contributed by atoms with E-state index in [-0.39, 0.29) is 0 Å². The van der Waals surface area contributed by atoms with Crippen molar-refractivity contribution in [3.8, 4) is 0 Å². The van der Waals surface area contributed by atoms with Crippen LogP contribution in [-0.4, -0.2) is 32.1 Å². The molecule has 0 bridgehead atoms. The third kappa shape index (κ3) is 3.19. The van der Waals surface area contributed by atoms with E-state index in [1.54, 1.807) is 0 Å². The Hall–Kier alpha value is -2.00. The molecule has 0 unspecified atom stereocenters. The van der Waals surface area contributed by atoms with Crippen molar-refractivity contribution in [1.82, 2.24) is 4.90 Å². The number of hydrogen-bond acceptors (Lipinski definition) is 3. The molecule has 3 rings (SSSR count). The van der Waals surface area contributed by atoms with Gasteiger partial charge in [-0.3, -0.25) is 0 Å². The quantitative estimate of drug-likeness (QED) is 0.922. The number of nitrogens with zero attached hydrogens (tertiary/aromatic N) is 2. The number of para-hydroxylation sites is 3. The molecule has 2 aromatic carbocycles. The highest BCUT2D eigenvalue weighted by Gasteiger charge is 2.17. The average Bonchev–Trinajstić information content (AvgIpc) is 2.63. The lowest BCUT2D eigenvalue weighted by Crippen LogP contribution is -2.26. The van der Waals surface area contributed by atoms with Crippen LogP contribution in [0.1, 0.15) is 12.0 Å². The van der Waals surface area contributed by atoms with E-state index in [0.717, 1.165) is 19.6 Å². The van der Waals surface area contributed by atoms with Gasteiger partial charge < -0.3 is 15.1 Å². The first-order valence-electron chi connectivity index (χ1n) is 7.57. The monoisotopic (exact) mass is 281 g/mol. The zero-order chi connectivity index (χ0) is 14.7. The van der Waals surface area contributed by atoms with Crippen molar-refractivity contribution in [2.24, 2.45) is 0 Å². The molecular weight excluding hydrogens is 258 g/mol. The highest BCUT2D eigenvalue weighted by molar-refractivity contribution is 5.78. The molecule has 1 heterocycles. The molecule has 0 atom stereocenters. The number of fused-ring (bicyclic) bond motifs is 2. The molecule has 0 amide bonds. The van der Waals surface area contributed by atoms with Gasteiger partial charge in [0.05, 0.1) is 11.4 Å². The lowest BCUT2D eigenvalue weighted by molar-refractivity contribution is 0.400. The van der Waals surface area contributed by atoms with E-state index in [9.17, 15) is 0 Å². The Balaban J connectivity index is 1.88. The molecule has 0 spiro atoms. The molecule has 0 aromatic heterocycles. The van der Waals surface area contributed by atoms with E-state index >= 15 is 0 Å². The molecule has 2 aromatic rings. The summed E-state index contributed by atoms with van der Waals surface area (Å²) in [4.78, 5) is 4.73. The minimum absolute atomic E-state index is 0.966. The van der Waals surface area contributed by atoms with Crippen LogP contribution in [0.15, 0.2) is 48.5 Å². The SMILES string of the molecule is CN(C)CCCN1Cc2ccccc2Nc2ccccc21. The van der Waals surface area contributed by atoms with Crippen LogP contribution in [0.3, 0.4) is 0 Å². The van der Waals surface area contributed by atoms with Crippen LogP contribution >= 0.6 is 0 Å². The lowest BCUT2D eigenvalue weighted by Gasteiger charge is -2.25. The first kappa shape index (κ1) is 14.0. The first-order valence-corrected chi connectivity index (χ1v) is 7.57. The topological polar surface area (TPSA) is 18.5 Å². The van der Waals surface area contributed by atoms with Gasteiger partial charge in [0.2, 0.25) is 0 Å². The van der Waals surface area contributed by atoms with E-state index in [1.165, 1.54) is 29.0 Å². The van der Waals surface area contributed by atoms with Crippen LogP contribution in [0.2, 0.25) is 0 Å². The van der Waals surface area contributed by atoms with E-state index < -0.39 is 0 Å². The van der Waals surface area contributed by atoms with Crippen LogP contribution in [0.25, 0.3) is 0 Å². The van der Waals surface area contributed by atoms with E-state index in [1.807, 2.05) is 0 Å². The minimum atomic E-state index is 0.966. The van der Waals surface area contributed by atoms with Gasteiger partial charge in [-0.1, -0.05) is 30.3 Å². The summed E-state index contributed by atoms with van der Waals surface area (Å²) in [6, 6.07) is 17.2. The zero-order valence-corrected chi connectivity index (χ0v) is 12.8. The third-order valence-corrected chi connectivity index (χ3v) is 3.93. The van der Waals surface area contributed by atoms with Crippen LogP contribution < -0.4 is 10.2 Å². The average molecular weight is 281 g/mol. The van der Waals surface area contributed by atoms with Gasteiger partial charge >= 0.3 is 0 Å². The molecule has 3 nitrogen and oxygen atoms in total. The van der Waals surface area contributed by atoms with E-state index in [0.29, 0.717) is 0 Å². The highest BCUT2D eigenvalue weighted by atomic mass is 15.2. The predicted octanol–water partition coefficient (Wildman–Crippen LogP) is 3.70. The summed E-state index contributed by atoms with van der Waals surface area (Å²) in [6.45, 7) is 3.16. The Morgan fingerprint density at radius 1 is 1.00 bits per heavy atom. The molecule has 1 aliphatic heterocycles. The molecule has 0 fully saturated rings. The number of benzene rings is 2. The molecule has 1 N–H and O–H groups in total. The Morgan fingerprint density at radius 2 is 1.71 bits per heavy atom. The van der Waals surface area contributed by atoms with Crippen LogP contribution in [0.4, 0.5) is 17.1 Å². The van der Waals surface area contributed by atoms with Crippen molar-refractivity contribution in [3.63, 3.8) is 0 Å². The van der Waals surface area contributed by atoms with Gasteiger partial charge in [0.25, 0.3) is 0 Å². The fourth-order valence-corrected chi connectivity index (χ4v) is 2.85. The van der Waals surface area contributed by atoms with Gasteiger partial charge in [0, 0.05) is 18.8 Å². The fraction of sp³-hybridized carbons (Fsp3) is 0.333. The fourth-order valence-electron chi connectivity index (χ4n) is 2.85. The molecule has 3 heteroatoms. The van der Waals surface area contributed by atoms with Crippen LogP contribution in [0, 0.1) is 0 Å². The summed E-state index contributed by atoms with van der Waals surface area (Å²) < 4.78 is 0. The van der Waals surface area contributed by atoms with Crippen LogP contribution in [0.5, 0.6) is 0 Å². The van der Waals surface area contributed by atoms with Gasteiger partial charge in [0.1, 0.15) is 0 Å². The van der Waals surface area contributed by atoms with Crippen molar-refractivity contribution >= 4 is 17.1 Å². The van der Waals surface area contributed by atoms with Gasteiger partial charge in [-0.25, -0.2) is 0 Å². The summed E-state index contributed by atoms with van der Waals surface area (Å²) in [5, 5.41) is 3.58. The van der Waals surface area contributed by atoms with Gasteiger partial charge in [0.15, 0.2) is 0 Å². The Bertz CT molecular complexity index is 607. The minimum Gasteiger partial charge on any atom is -0.365 e. The van der Waals surface area contributed by atoms with Gasteiger partial charge in [-0.15, -0.1) is 0 Å². The standard InChI is InChI=1S/C18H23N3/c1-20(2)12-7-13-21-14-15-8-3-4-9-16(15)19-17-10-5-6-11-18(17)21/h3-6,8-11,19H,7,12-14H2,1-2H3. The van der Waals surface area contributed by atoms with Crippen molar-refractivity contribution < 1.29 is 0 Å². The second-order valence-electron chi connectivity index (χ2n) is 5.88. The molecule has 0 aliphatic carbocycles. The smallest absolute Gasteiger partial charge is 0.0622 e. The maximum atomic E-state index is 3.58. The number of anilines is 3. The maximum Gasteiger partial charge on any atom is 0.0622 e. The van der Waals surface area contributed by atoms with Crippen molar-refractivity contribution in [1.29, 1.82) is 0 Å². The largest absolute Gasteiger partial charge is 0.365 e. The first-order chi connectivity index (χ1) is 10.2. The van der Waals surface area contributed by atoms with Gasteiger partial charge in [-0.05, 0) is 50.8 Å². The maximum absolute atomic E-state index is 3.58. The Morgan fingerprint density at radius 3 is 2.52 bits per heavy atom. The van der Waals surface area contributed by atoms with Crippen molar-refractivity contribution in [2.45, 2.75) is 13.0 Å². The second-order valence-corrected chi connectivity index (χ2v) is 5.88. The molecule has 110 valence electrons. The van der Waals surface area contributed by atoms with Gasteiger partial charge in [-0.2, -0.15) is 0 Å². The zero-order valence-electron chi connectivity index (χ0n) is 12.8. The highest BCUT2D eigenvalue weighted by Crippen LogP contribution is 2.35.